The lowest BCUT2D eigenvalue weighted by molar-refractivity contribution is -0.143. The van der Waals surface area contributed by atoms with Gasteiger partial charge in [0.25, 0.3) is 0 Å². The minimum atomic E-state index is -0.186. The minimum absolute atomic E-state index is 0.0205. The molecule has 0 unspecified atom stereocenters. The van der Waals surface area contributed by atoms with Crippen molar-refractivity contribution in [2.45, 2.75) is 33.1 Å². The molecule has 1 aromatic carbocycles. The van der Waals surface area contributed by atoms with Gasteiger partial charge >= 0.3 is 5.97 Å². The molecule has 5 nitrogen and oxygen atoms in total. The van der Waals surface area contributed by atoms with Crippen molar-refractivity contribution in [1.82, 2.24) is 4.40 Å². The summed E-state index contributed by atoms with van der Waals surface area (Å²) in [7, 11) is 0. The molecule has 0 bridgehead atoms. The summed E-state index contributed by atoms with van der Waals surface area (Å²) in [5, 5.41) is 0. The molecule has 27 heavy (non-hydrogen) atoms. The number of rotatable bonds is 7. The van der Waals surface area contributed by atoms with Gasteiger partial charge in [-0.05, 0) is 68.7 Å². The molecule has 3 aromatic rings. The first kappa shape index (κ1) is 18.7. The maximum atomic E-state index is 13.1. The zero-order valence-corrected chi connectivity index (χ0v) is 15.7. The average Bonchev–Trinajstić information content (AvgIpc) is 2.94. The molecular weight excluding hydrogens is 340 g/mol. The van der Waals surface area contributed by atoms with Gasteiger partial charge in [-0.1, -0.05) is 6.07 Å². The van der Waals surface area contributed by atoms with Gasteiger partial charge in [0.15, 0.2) is 5.78 Å². The van der Waals surface area contributed by atoms with Gasteiger partial charge in [0, 0.05) is 29.6 Å². The zero-order valence-electron chi connectivity index (χ0n) is 15.7. The fourth-order valence-electron chi connectivity index (χ4n) is 3.41. The Hall–Kier alpha value is -3.08. The summed E-state index contributed by atoms with van der Waals surface area (Å²) in [5.41, 5.74) is 10.6. The molecular formula is C22H24N2O3. The Labute approximate surface area is 158 Å². The summed E-state index contributed by atoms with van der Waals surface area (Å²) < 4.78 is 7.05. The molecule has 2 heterocycles. The van der Waals surface area contributed by atoms with Crippen LogP contribution in [0.2, 0.25) is 0 Å². The molecule has 0 spiro atoms. The van der Waals surface area contributed by atoms with Crippen LogP contribution in [0.3, 0.4) is 0 Å². The number of ketones is 1. The Bertz CT molecular complexity index is 971. The smallest absolute Gasteiger partial charge is 0.305 e. The van der Waals surface area contributed by atoms with E-state index in [1.54, 1.807) is 31.2 Å². The average molecular weight is 364 g/mol. The molecule has 3 rings (SSSR count). The lowest BCUT2D eigenvalue weighted by Gasteiger charge is -2.05. The lowest BCUT2D eigenvalue weighted by Crippen LogP contribution is -2.05. The number of nitrogens with two attached hydrogens (primary N) is 1. The van der Waals surface area contributed by atoms with Crippen LogP contribution in [-0.2, 0) is 16.0 Å². The third kappa shape index (κ3) is 3.87. The molecule has 0 radical (unpaired) electrons. The summed E-state index contributed by atoms with van der Waals surface area (Å²) in [4.78, 5) is 24.8. The van der Waals surface area contributed by atoms with Crippen LogP contribution in [0.4, 0.5) is 5.69 Å². The van der Waals surface area contributed by atoms with Crippen LogP contribution in [-0.4, -0.2) is 22.8 Å². The van der Waals surface area contributed by atoms with Crippen molar-refractivity contribution in [2.75, 3.05) is 12.3 Å². The van der Waals surface area contributed by atoms with Crippen molar-refractivity contribution in [3.8, 4) is 0 Å². The van der Waals surface area contributed by atoms with Crippen molar-refractivity contribution in [3.63, 3.8) is 0 Å². The Morgan fingerprint density at radius 2 is 1.85 bits per heavy atom. The number of fused-ring (bicyclic) bond motifs is 1. The number of esters is 1. The number of carbonyl (C=O) groups is 2. The van der Waals surface area contributed by atoms with E-state index in [0.29, 0.717) is 42.7 Å². The highest BCUT2D eigenvalue weighted by atomic mass is 16.5. The summed E-state index contributed by atoms with van der Waals surface area (Å²) >= 11 is 0. The number of anilines is 1. The number of carbonyl (C=O) groups excluding carboxylic acids is 2. The van der Waals surface area contributed by atoms with Crippen molar-refractivity contribution in [1.29, 1.82) is 0 Å². The van der Waals surface area contributed by atoms with Crippen molar-refractivity contribution in [2.24, 2.45) is 0 Å². The predicted octanol–water partition coefficient (Wildman–Crippen LogP) is 3.95. The molecule has 2 aromatic heterocycles. The second-order valence-corrected chi connectivity index (χ2v) is 6.51. The fraction of sp³-hybridized carbons (Fsp3) is 0.273. The highest BCUT2D eigenvalue weighted by Gasteiger charge is 2.21. The lowest BCUT2D eigenvalue weighted by atomic mass is 9.99. The summed E-state index contributed by atoms with van der Waals surface area (Å²) in [5.74, 6) is -0.206. The van der Waals surface area contributed by atoms with Gasteiger partial charge in [0.2, 0.25) is 0 Å². The van der Waals surface area contributed by atoms with Gasteiger partial charge in [-0.3, -0.25) is 9.59 Å². The van der Waals surface area contributed by atoms with Crippen LogP contribution in [0.15, 0.2) is 48.7 Å². The number of hydrogen-bond donors (Lipinski definition) is 1. The molecule has 0 aliphatic rings. The molecule has 2 N–H and O–H groups in total. The number of nitrogens with zero attached hydrogens (tertiary/aromatic N) is 1. The quantitative estimate of drug-likeness (QED) is 0.391. The van der Waals surface area contributed by atoms with E-state index in [1.807, 2.05) is 35.7 Å². The maximum absolute atomic E-state index is 13.1. The van der Waals surface area contributed by atoms with E-state index >= 15 is 0 Å². The third-order valence-electron chi connectivity index (χ3n) is 4.71. The molecule has 0 atom stereocenters. The number of ether oxygens (including phenoxy) is 1. The van der Waals surface area contributed by atoms with Crippen LogP contribution in [0.1, 0.15) is 46.9 Å². The van der Waals surface area contributed by atoms with E-state index in [0.717, 1.165) is 16.8 Å². The zero-order chi connectivity index (χ0) is 19.4. The van der Waals surface area contributed by atoms with E-state index in [1.165, 1.54) is 0 Å². The van der Waals surface area contributed by atoms with Gasteiger partial charge in [0.1, 0.15) is 0 Å². The number of nitrogen functional groups attached to an aromatic ring is 1. The molecule has 140 valence electrons. The number of hydrogen-bond acceptors (Lipinski definition) is 4. The predicted molar refractivity (Wildman–Crippen MR) is 106 cm³/mol. The molecule has 0 saturated heterocycles. The number of aryl methyl sites for hydroxylation is 1. The van der Waals surface area contributed by atoms with Crippen LogP contribution in [0, 0.1) is 6.92 Å². The topological polar surface area (TPSA) is 73.8 Å². The van der Waals surface area contributed by atoms with E-state index in [4.69, 9.17) is 10.5 Å². The second-order valence-electron chi connectivity index (χ2n) is 6.51. The molecule has 0 aliphatic carbocycles. The maximum Gasteiger partial charge on any atom is 0.305 e. The van der Waals surface area contributed by atoms with E-state index in [2.05, 4.69) is 0 Å². The SMILES string of the molecule is CCOC(=O)CCCc1c(C)c(C(=O)c2ccc(N)cc2)c2ccccn12. The fourth-order valence-corrected chi connectivity index (χ4v) is 3.41. The molecule has 0 saturated carbocycles. The van der Waals surface area contributed by atoms with Crippen molar-refractivity contribution < 1.29 is 14.3 Å². The first-order valence-corrected chi connectivity index (χ1v) is 9.17. The Kier molecular flexibility index (Phi) is 5.60. The highest BCUT2D eigenvalue weighted by molar-refractivity contribution is 6.14. The highest BCUT2D eigenvalue weighted by Crippen LogP contribution is 2.27. The Morgan fingerprint density at radius 1 is 1.11 bits per heavy atom. The Balaban J connectivity index is 1.94. The van der Waals surface area contributed by atoms with Gasteiger partial charge in [-0.2, -0.15) is 0 Å². The molecule has 5 heteroatoms. The van der Waals surface area contributed by atoms with Crippen LogP contribution < -0.4 is 5.73 Å². The summed E-state index contributed by atoms with van der Waals surface area (Å²) in [6.45, 7) is 4.17. The van der Waals surface area contributed by atoms with E-state index in [9.17, 15) is 9.59 Å². The number of benzene rings is 1. The Morgan fingerprint density at radius 3 is 2.56 bits per heavy atom. The van der Waals surface area contributed by atoms with Crippen LogP contribution in [0.5, 0.6) is 0 Å². The van der Waals surface area contributed by atoms with Crippen molar-refractivity contribution in [3.05, 3.63) is 71.0 Å². The van der Waals surface area contributed by atoms with Crippen LogP contribution >= 0.6 is 0 Å². The van der Waals surface area contributed by atoms with Gasteiger partial charge < -0.3 is 14.9 Å². The van der Waals surface area contributed by atoms with Crippen molar-refractivity contribution >= 4 is 23.0 Å². The molecule has 0 amide bonds. The monoisotopic (exact) mass is 364 g/mol. The first-order chi connectivity index (χ1) is 13.0. The first-order valence-electron chi connectivity index (χ1n) is 9.17. The largest absolute Gasteiger partial charge is 0.466 e. The van der Waals surface area contributed by atoms with Gasteiger partial charge in [-0.15, -0.1) is 0 Å². The second kappa shape index (κ2) is 8.08. The van der Waals surface area contributed by atoms with Crippen LogP contribution in [0.25, 0.3) is 5.52 Å². The van der Waals surface area contributed by atoms with Gasteiger partial charge in [-0.25, -0.2) is 0 Å². The minimum Gasteiger partial charge on any atom is -0.466 e. The van der Waals surface area contributed by atoms with Gasteiger partial charge in [0.05, 0.1) is 17.7 Å². The van der Waals surface area contributed by atoms with E-state index in [-0.39, 0.29) is 11.8 Å². The molecule has 0 aliphatic heterocycles. The summed E-state index contributed by atoms with van der Waals surface area (Å²) in [6, 6.07) is 12.8. The normalized spacial score (nSPS) is 10.9. The molecule has 0 fully saturated rings. The number of pyridine rings is 1. The standard InChI is InChI=1S/C22H24N2O3/c1-3-27-20(25)9-6-8-18-15(2)21(19-7-4-5-14-24(18)19)22(26)16-10-12-17(23)13-11-16/h4-5,7,10-14H,3,6,8-9,23H2,1-2H3. The third-order valence-corrected chi connectivity index (χ3v) is 4.71. The number of aromatic nitrogens is 1. The van der Waals surface area contributed by atoms with E-state index < -0.39 is 0 Å². The summed E-state index contributed by atoms with van der Waals surface area (Å²) in [6.07, 6.45) is 3.71.